The third kappa shape index (κ3) is 3.34. The molecular formula is C17H24N2O4S. The molecule has 6 nitrogen and oxygen atoms in total. The highest BCUT2D eigenvalue weighted by molar-refractivity contribution is 7.89. The van der Waals surface area contributed by atoms with Crippen LogP contribution in [0.2, 0.25) is 0 Å². The molecular weight excluding hydrogens is 328 g/mol. The van der Waals surface area contributed by atoms with Crippen LogP contribution >= 0.6 is 0 Å². The lowest BCUT2D eigenvalue weighted by atomic mass is 9.79. The quantitative estimate of drug-likeness (QED) is 0.823. The highest BCUT2D eigenvalue weighted by Gasteiger charge is 2.41. The first-order valence-corrected chi connectivity index (χ1v) is 9.63. The minimum atomic E-state index is -3.42. The predicted molar refractivity (Wildman–Crippen MR) is 89.8 cm³/mol. The van der Waals surface area contributed by atoms with E-state index in [-0.39, 0.29) is 16.2 Å². The van der Waals surface area contributed by atoms with Crippen LogP contribution in [0.4, 0.5) is 0 Å². The number of nitrogens with zero attached hydrogens (tertiary/aromatic N) is 2. The summed E-state index contributed by atoms with van der Waals surface area (Å²) in [4.78, 5) is 14.4. The first-order chi connectivity index (χ1) is 11.3. The Hall–Kier alpha value is -1.44. The lowest BCUT2D eigenvalue weighted by molar-refractivity contribution is -0.138. The zero-order valence-corrected chi connectivity index (χ0v) is 15.0. The molecule has 1 aromatic carbocycles. The van der Waals surface area contributed by atoms with Gasteiger partial charge in [0.25, 0.3) is 0 Å². The first kappa shape index (κ1) is 17.4. The highest BCUT2D eigenvalue weighted by Crippen LogP contribution is 2.38. The smallest absolute Gasteiger partial charge is 0.242 e. The lowest BCUT2D eigenvalue weighted by Gasteiger charge is -2.39. The van der Waals surface area contributed by atoms with Crippen LogP contribution in [-0.2, 0) is 26.1 Å². The molecule has 2 aliphatic heterocycles. The zero-order chi connectivity index (χ0) is 17.4. The summed E-state index contributed by atoms with van der Waals surface area (Å²) < 4.78 is 30.9. The summed E-state index contributed by atoms with van der Waals surface area (Å²) in [6, 6.07) is 6.78. The largest absolute Gasteiger partial charge is 0.381 e. The van der Waals surface area contributed by atoms with Crippen molar-refractivity contribution in [1.82, 2.24) is 9.21 Å². The summed E-state index contributed by atoms with van der Waals surface area (Å²) in [5, 5.41) is 0. The molecule has 1 aromatic rings. The Labute approximate surface area is 143 Å². The van der Waals surface area contributed by atoms with E-state index in [4.69, 9.17) is 4.74 Å². The van der Waals surface area contributed by atoms with E-state index in [1.54, 1.807) is 24.3 Å². The molecule has 3 rings (SSSR count). The van der Waals surface area contributed by atoms with Crippen LogP contribution in [0.1, 0.15) is 24.8 Å². The molecule has 1 spiro atoms. The molecule has 2 saturated heterocycles. The fraction of sp³-hybridized carbons (Fsp3) is 0.588. The Morgan fingerprint density at radius 3 is 2.50 bits per heavy atom. The Morgan fingerprint density at radius 2 is 1.92 bits per heavy atom. The van der Waals surface area contributed by atoms with Crippen molar-refractivity contribution in [2.24, 2.45) is 5.41 Å². The second kappa shape index (κ2) is 6.46. The SMILES string of the molecule is CN(C)S(=O)(=O)c1ccc(CN2C[C@@]3(CCOC3)CCC2=O)cc1. The number of ether oxygens (including phenoxy) is 1. The third-order valence-corrected chi connectivity index (χ3v) is 6.84. The van der Waals surface area contributed by atoms with E-state index in [0.29, 0.717) is 13.0 Å². The van der Waals surface area contributed by atoms with Crippen LogP contribution in [0, 0.1) is 5.41 Å². The summed E-state index contributed by atoms with van der Waals surface area (Å²) in [5.74, 6) is 0.164. The molecule has 24 heavy (non-hydrogen) atoms. The molecule has 7 heteroatoms. The maximum absolute atomic E-state index is 12.2. The third-order valence-electron chi connectivity index (χ3n) is 5.01. The van der Waals surface area contributed by atoms with Crippen molar-refractivity contribution in [1.29, 1.82) is 0 Å². The van der Waals surface area contributed by atoms with Gasteiger partial charge in [0.2, 0.25) is 15.9 Å². The summed E-state index contributed by atoms with van der Waals surface area (Å²) in [6.45, 7) is 2.75. The molecule has 2 aliphatic rings. The maximum atomic E-state index is 12.2. The number of likely N-dealkylation sites (tertiary alicyclic amines) is 1. The maximum Gasteiger partial charge on any atom is 0.242 e. The van der Waals surface area contributed by atoms with Gasteiger partial charge in [0.15, 0.2) is 0 Å². The Kier molecular flexibility index (Phi) is 4.68. The molecule has 0 aromatic heterocycles. The molecule has 1 amide bonds. The van der Waals surface area contributed by atoms with E-state index in [1.807, 2.05) is 4.90 Å². The Morgan fingerprint density at radius 1 is 1.21 bits per heavy atom. The number of hydrogen-bond donors (Lipinski definition) is 0. The fourth-order valence-corrected chi connectivity index (χ4v) is 4.32. The van der Waals surface area contributed by atoms with Gasteiger partial charge in [-0.05, 0) is 30.5 Å². The van der Waals surface area contributed by atoms with Crippen molar-refractivity contribution in [2.75, 3.05) is 33.9 Å². The number of carbonyl (C=O) groups is 1. The van der Waals surface area contributed by atoms with E-state index < -0.39 is 10.0 Å². The van der Waals surface area contributed by atoms with Gasteiger partial charge in [0.05, 0.1) is 11.5 Å². The second-order valence-corrected chi connectivity index (χ2v) is 9.14. The van der Waals surface area contributed by atoms with Crippen LogP contribution in [0.25, 0.3) is 0 Å². The molecule has 0 radical (unpaired) electrons. The fourth-order valence-electron chi connectivity index (χ4n) is 3.42. The van der Waals surface area contributed by atoms with Crippen molar-refractivity contribution < 1.29 is 17.9 Å². The van der Waals surface area contributed by atoms with Gasteiger partial charge in [-0.3, -0.25) is 4.79 Å². The Balaban J connectivity index is 1.72. The van der Waals surface area contributed by atoms with Gasteiger partial charge >= 0.3 is 0 Å². The van der Waals surface area contributed by atoms with Gasteiger partial charge in [-0.1, -0.05) is 12.1 Å². The predicted octanol–water partition coefficient (Wildman–Crippen LogP) is 1.47. The van der Waals surface area contributed by atoms with Gasteiger partial charge in [0, 0.05) is 45.6 Å². The molecule has 0 saturated carbocycles. The van der Waals surface area contributed by atoms with Crippen LogP contribution in [-0.4, -0.2) is 57.4 Å². The number of piperidine rings is 1. The molecule has 132 valence electrons. The van der Waals surface area contributed by atoms with E-state index >= 15 is 0 Å². The van der Waals surface area contributed by atoms with Crippen LogP contribution < -0.4 is 0 Å². The summed E-state index contributed by atoms with van der Waals surface area (Å²) in [7, 11) is -0.394. The number of carbonyl (C=O) groups excluding carboxylic acids is 1. The number of amides is 1. The average Bonchev–Trinajstić information content (AvgIpc) is 3.00. The molecule has 0 aliphatic carbocycles. The van der Waals surface area contributed by atoms with Crippen molar-refractivity contribution in [3.05, 3.63) is 29.8 Å². The minimum Gasteiger partial charge on any atom is -0.381 e. The van der Waals surface area contributed by atoms with Gasteiger partial charge in [-0.2, -0.15) is 0 Å². The van der Waals surface area contributed by atoms with Crippen molar-refractivity contribution >= 4 is 15.9 Å². The lowest BCUT2D eigenvalue weighted by Crippen LogP contribution is -2.46. The van der Waals surface area contributed by atoms with Crippen molar-refractivity contribution in [3.8, 4) is 0 Å². The van der Waals surface area contributed by atoms with Gasteiger partial charge in [0.1, 0.15) is 0 Å². The number of sulfonamides is 1. The van der Waals surface area contributed by atoms with Crippen LogP contribution in [0.15, 0.2) is 29.2 Å². The van der Waals surface area contributed by atoms with Crippen LogP contribution in [0.3, 0.4) is 0 Å². The van der Waals surface area contributed by atoms with E-state index in [0.717, 1.165) is 38.2 Å². The molecule has 0 unspecified atom stereocenters. The standard InChI is InChI=1S/C17H24N2O4S/c1-18(2)24(21,22)15-5-3-14(4-6-15)11-19-12-17(8-7-16(19)20)9-10-23-13-17/h3-6H,7-13H2,1-2H3/t17-/m0/s1. The van der Waals surface area contributed by atoms with Gasteiger partial charge in [-0.25, -0.2) is 12.7 Å². The summed E-state index contributed by atoms with van der Waals surface area (Å²) in [6.07, 6.45) is 2.48. The molecule has 2 heterocycles. The van der Waals surface area contributed by atoms with E-state index in [9.17, 15) is 13.2 Å². The molecule has 1 atom stereocenters. The highest BCUT2D eigenvalue weighted by atomic mass is 32.2. The molecule has 0 bridgehead atoms. The average molecular weight is 352 g/mol. The van der Waals surface area contributed by atoms with Crippen molar-refractivity contribution in [2.45, 2.75) is 30.7 Å². The van der Waals surface area contributed by atoms with Gasteiger partial charge < -0.3 is 9.64 Å². The monoisotopic (exact) mass is 352 g/mol. The van der Waals surface area contributed by atoms with E-state index in [2.05, 4.69) is 0 Å². The molecule has 0 N–H and O–H groups in total. The van der Waals surface area contributed by atoms with Crippen molar-refractivity contribution in [3.63, 3.8) is 0 Å². The van der Waals surface area contributed by atoms with E-state index in [1.165, 1.54) is 18.4 Å². The first-order valence-electron chi connectivity index (χ1n) is 8.19. The molecule has 2 fully saturated rings. The zero-order valence-electron chi connectivity index (χ0n) is 14.2. The second-order valence-electron chi connectivity index (χ2n) is 6.98. The number of rotatable bonds is 4. The summed E-state index contributed by atoms with van der Waals surface area (Å²) in [5.41, 5.74) is 1.05. The van der Waals surface area contributed by atoms with Gasteiger partial charge in [-0.15, -0.1) is 0 Å². The number of hydrogen-bond acceptors (Lipinski definition) is 4. The van der Waals surface area contributed by atoms with Crippen LogP contribution in [0.5, 0.6) is 0 Å². The normalized spacial score (nSPS) is 25.0. The topological polar surface area (TPSA) is 66.9 Å². The Bertz CT molecular complexity index is 707. The summed E-state index contributed by atoms with van der Waals surface area (Å²) >= 11 is 0. The minimum absolute atomic E-state index is 0.113. The number of benzene rings is 1.